The Balaban J connectivity index is 2.11. The van der Waals surface area contributed by atoms with Crippen molar-refractivity contribution in [3.8, 4) is 0 Å². The summed E-state index contributed by atoms with van der Waals surface area (Å²) in [6.45, 7) is 4.84. The lowest BCUT2D eigenvalue weighted by atomic mass is 9.83. The van der Waals surface area contributed by atoms with Crippen LogP contribution >= 0.6 is 0 Å². The monoisotopic (exact) mass is 256 g/mol. The highest BCUT2D eigenvalue weighted by Crippen LogP contribution is 2.22. The van der Waals surface area contributed by atoms with E-state index in [-0.39, 0.29) is 24.1 Å². The number of nitrogens with one attached hydrogen (secondary N) is 1. The van der Waals surface area contributed by atoms with Gasteiger partial charge >= 0.3 is 0 Å². The second-order valence-corrected chi connectivity index (χ2v) is 5.15. The fraction of sp³-hybridized carbons (Fsp3) is 0.929. The Kier molecular flexibility index (Phi) is 7.28. The van der Waals surface area contributed by atoms with Crippen LogP contribution in [0.25, 0.3) is 0 Å². The van der Waals surface area contributed by atoms with Gasteiger partial charge in [-0.05, 0) is 19.8 Å². The van der Waals surface area contributed by atoms with Crippen molar-refractivity contribution in [2.45, 2.75) is 77.0 Å². The van der Waals surface area contributed by atoms with Gasteiger partial charge in [0.1, 0.15) is 0 Å². The smallest absolute Gasteiger partial charge is 0.220 e. The topological polar surface area (TPSA) is 64.4 Å². The van der Waals surface area contributed by atoms with Crippen LogP contribution in [-0.2, 0) is 9.53 Å². The molecule has 0 aromatic rings. The molecule has 0 saturated heterocycles. The van der Waals surface area contributed by atoms with Gasteiger partial charge in [0.2, 0.25) is 5.91 Å². The minimum Gasteiger partial charge on any atom is -0.376 e. The van der Waals surface area contributed by atoms with Gasteiger partial charge < -0.3 is 15.8 Å². The van der Waals surface area contributed by atoms with E-state index in [9.17, 15) is 4.79 Å². The van der Waals surface area contributed by atoms with Gasteiger partial charge in [-0.3, -0.25) is 4.79 Å². The van der Waals surface area contributed by atoms with Crippen LogP contribution < -0.4 is 11.1 Å². The van der Waals surface area contributed by atoms with Gasteiger partial charge in [-0.2, -0.15) is 0 Å². The lowest BCUT2D eigenvalue weighted by molar-refractivity contribution is -0.125. The second kappa shape index (κ2) is 8.48. The Hall–Kier alpha value is -0.610. The van der Waals surface area contributed by atoms with E-state index >= 15 is 0 Å². The van der Waals surface area contributed by atoms with Crippen LogP contribution in [0, 0.1) is 0 Å². The molecular weight excluding hydrogens is 228 g/mol. The molecule has 3 unspecified atom stereocenters. The third kappa shape index (κ3) is 4.94. The quantitative estimate of drug-likeness (QED) is 0.620. The average molecular weight is 256 g/mol. The molecule has 0 aromatic carbocycles. The highest BCUT2D eigenvalue weighted by Gasteiger charge is 2.40. The van der Waals surface area contributed by atoms with Crippen LogP contribution in [0.15, 0.2) is 0 Å². The maximum absolute atomic E-state index is 11.8. The minimum atomic E-state index is 0.0214. The number of hydrogen-bond donors (Lipinski definition) is 2. The van der Waals surface area contributed by atoms with E-state index in [0.717, 1.165) is 19.3 Å². The number of amides is 1. The number of carbonyl (C=O) groups is 1. The number of unbranched alkanes of at least 4 members (excludes halogenated alkanes) is 4. The second-order valence-electron chi connectivity index (χ2n) is 5.15. The summed E-state index contributed by atoms with van der Waals surface area (Å²) in [7, 11) is 0. The molecule has 0 radical (unpaired) electrons. The molecule has 4 nitrogen and oxygen atoms in total. The molecule has 1 fully saturated rings. The standard InChI is InChI=1S/C14H28N2O2/c1-3-5-6-7-8-9-13(17)16-14-11(15)10-12(14)18-4-2/h11-12,14H,3-10,15H2,1-2H3,(H,16,17). The zero-order chi connectivity index (χ0) is 13.4. The number of rotatable bonds is 9. The molecule has 4 heteroatoms. The summed E-state index contributed by atoms with van der Waals surface area (Å²) in [5.74, 6) is 0.122. The van der Waals surface area contributed by atoms with Crippen LogP contribution in [0.5, 0.6) is 0 Å². The van der Waals surface area contributed by atoms with Crippen molar-refractivity contribution in [2.75, 3.05) is 6.61 Å². The summed E-state index contributed by atoms with van der Waals surface area (Å²) in [6.07, 6.45) is 7.45. The van der Waals surface area contributed by atoms with Crippen molar-refractivity contribution >= 4 is 5.91 Å². The molecule has 1 rings (SSSR count). The number of nitrogens with two attached hydrogens (primary N) is 1. The fourth-order valence-corrected chi connectivity index (χ4v) is 2.37. The number of ether oxygens (including phenoxy) is 1. The Morgan fingerprint density at radius 3 is 2.61 bits per heavy atom. The first-order valence-electron chi connectivity index (χ1n) is 7.35. The molecule has 0 aromatic heterocycles. The van der Waals surface area contributed by atoms with Crippen molar-refractivity contribution in [3.63, 3.8) is 0 Å². The molecule has 0 bridgehead atoms. The molecule has 0 heterocycles. The zero-order valence-electron chi connectivity index (χ0n) is 11.8. The van der Waals surface area contributed by atoms with Gasteiger partial charge in [0.05, 0.1) is 12.1 Å². The van der Waals surface area contributed by atoms with Crippen LogP contribution in [0.2, 0.25) is 0 Å². The van der Waals surface area contributed by atoms with Crippen molar-refractivity contribution in [1.82, 2.24) is 5.32 Å². The Morgan fingerprint density at radius 1 is 1.28 bits per heavy atom. The summed E-state index contributed by atoms with van der Waals surface area (Å²) < 4.78 is 5.52. The van der Waals surface area contributed by atoms with E-state index < -0.39 is 0 Å². The Bertz CT molecular complexity index is 244. The molecule has 3 atom stereocenters. The van der Waals surface area contributed by atoms with E-state index in [1.165, 1.54) is 19.3 Å². The molecule has 1 aliphatic carbocycles. The van der Waals surface area contributed by atoms with E-state index in [2.05, 4.69) is 12.2 Å². The fourth-order valence-electron chi connectivity index (χ4n) is 2.37. The van der Waals surface area contributed by atoms with Crippen LogP contribution in [-0.4, -0.2) is 30.7 Å². The SMILES string of the molecule is CCCCCCCC(=O)NC1C(N)CC1OCC. The van der Waals surface area contributed by atoms with Gasteiger partial charge in [0, 0.05) is 19.1 Å². The van der Waals surface area contributed by atoms with Crippen LogP contribution in [0.4, 0.5) is 0 Å². The number of carbonyl (C=O) groups excluding carboxylic acids is 1. The maximum atomic E-state index is 11.8. The highest BCUT2D eigenvalue weighted by atomic mass is 16.5. The van der Waals surface area contributed by atoms with Crippen molar-refractivity contribution in [3.05, 3.63) is 0 Å². The normalized spacial score (nSPS) is 26.7. The molecule has 106 valence electrons. The largest absolute Gasteiger partial charge is 0.376 e. The minimum absolute atomic E-state index is 0.0214. The summed E-state index contributed by atoms with van der Waals surface area (Å²) in [4.78, 5) is 11.8. The van der Waals surface area contributed by atoms with Gasteiger partial charge in [-0.15, -0.1) is 0 Å². The predicted octanol–water partition coefficient (Wildman–Crippen LogP) is 1.97. The summed E-state index contributed by atoms with van der Waals surface area (Å²) in [5.41, 5.74) is 5.89. The first-order chi connectivity index (χ1) is 8.69. The third-order valence-electron chi connectivity index (χ3n) is 3.58. The lowest BCUT2D eigenvalue weighted by Gasteiger charge is -2.42. The summed E-state index contributed by atoms with van der Waals surface area (Å²) in [6, 6.07) is 0.0821. The zero-order valence-corrected chi connectivity index (χ0v) is 11.8. The molecular formula is C14H28N2O2. The molecule has 3 N–H and O–H groups in total. The van der Waals surface area contributed by atoms with Crippen molar-refractivity contribution in [1.29, 1.82) is 0 Å². The summed E-state index contributed by atoms with van der Waals surface area (Å²) >= 11 is 0. The van der Waals surface area contributed by atoms with E-state index in [4.69, 9.17) is 10.5 Å². The first-order valence-corrected chi connectivity index (χ1v) is 7.35. The van der Waals surface area contributed by atoms with Gasteiger partial charge in [0.25, 0.3) is 0 Å². The molecule has 18 heavy (non-hydrogen) atoms. The van der Waals surface area contributed by atoms with Gasteiger partial charge in [-0.25, -0.2) is 0 Å². The lowest BCUT2D eigenvalue weighted by Crippen LogP contribution is -2.64. The molecule has 1 aliphatic rings. The van der Waals surface area contributed by atoms with E-state index in [1.54, 1.807) is 0 Å². The molecule has 1 saturated carbocycles. The van der Waals surface area contributed by atoms with Crippen molar-refractivity contribution in [2.24, 2.45) is 5.73 Å². The average Bonchev–Trinajstić information content (AvgIpc) is 2.36. The summed E-state index contributed by atoms with van der Waals surface area (Å²) in [5, 5.41) is 3.00. The third-order valence-corrected chi connectivity index (χ3v) is 3.58. The van der Waals surface area contributed by atoms with E-state index in [0.29, 0.717) is 13.0 Å². The Morgan fingerprint density at radius 2 is 2.00 bits per heavy atom. The number of hydrogen-bond acceptors (Lipinski definition) is 3. The first kappa shape index (κ1) is 15.4. The maximum Gasteiger partial charge on any atom is 0.220 e. The van der Waals surface area contributed by atoms with Crippen molar-refractivity contribution < 1.29 is 9.53 Å². The Labute approximate surface area is 111 Å². The molecule has 0 spiro atoms. The highest BCUT2D eigenvalue weighted by molar-refractivity contribution is 5.76. The van der Waals surface area contributed by atoms with E-state index in [1.807, 2.05) is 6.92 Å². The predicted molar refractivity (Wildman–Crippen MR) is 73.3 cm³/mol. The van der Waals surface area contributed by atoms with Crippen LogP contribution in [0.3, 0.4) is 0 Å². The molecule has 0 aliphatic heterocycles. The van der Waals surface area contributed by atoms with Crippen LogP contribution in [0.1, 0.15) is 58.8 Å². The van der Waals surface area contributed by atoms with Gasteiger partial charge in [0.15, 0.2) is 0 Å². The molecule has 1 amide bonds. The van der Waals surface area contributed by atoms with Gasteiger partial charge in [-0.1, -0.05) is 32.6 Å².